The van der Waals surface area contributed by atoms with Gasteiger partial charge in [0.15, 0.2) is 11.5 Å². The molecule has 0 saturated carbocycles. The van der Waals surface area contributed by atoms with Crippen molar-refractivity contribution in [2.45, 2.75) is 6.92 Å². The molecule has 0 saturated heterocycles. The lowest BCUT2D eigenvalue weighted by Crippen LogP contribution is -2.02. The second kappa shape index (κ2) is 8.23. The second-order valence-electron chi connectivity index (χ2n) is 6.70. The Kier molecular flexibility index (Phi) is 5.48. The highest BCUT2D eigenvalue weighted by Crippen LogP contribution is 2.41. The number of benzene rings is 2. The van der Waals surface area contributed by atoms with Gasteiger partial charge in [0.25, 0.3) is 0 Å². The van der Waals surface area contributed by atoms with Gasteiger partial charge in [-0.05, 0) is 43.3 Å². The van der Waals surface area contributed by atoms with Gasteiger partial charge in [0.2, 0.25) is 11.7 Å². The number of halogens is 1. The first kappa shape index (κ1) is 20.6. The minimum absolute atomic E-state index is 0.105. The van der Waals surface area contributed by atoms with Gasteiger partial charge in [-0.1, -0.05) is 11.6 Å². The zero-order valence-corrected chi connectivity index (χ0v) is 18.2. The minimum atomic E-state index is 0.105. The normalized spacial score (nSPS) is 10.9. The minimum Gasteiger partial charge on any atom is -0.493 e. The van der Waals surface area contributed by atoms with E-state index in [1.165, 1.54) is 0 Å². The Balaban J connectivity index is 1.89. The van der Waals surface area contributed by atoms with Crippen molar-refractivity contribution in [3.05, 3.63) is 47.1 Å². The van der Waals surface area contributed by atoms with Crippen LogP contribution in [0.1, 0.15) is 5.69 Å². The maximum atomic E-state index is 6.12. The zero-order chi connectivity index (χ0) is 22.1. The number of nitrogen functional groups attached to an aromatic ring is 1. The maximum absolute atomic E-state index is 6.12. The van der Waals surface area contributed by atoms with Gasteiger partial charge in [-0.2, -0.15) is 0 Å². The lowest BCUT2D eigenvalue weighted by Gasteiger charge is -2.14. The molecule has 158 valence electrons. The van der Waals surface area contributed by atoms with Crippen molar-refractivity contribution in [3.63, 3.8) is 0 Å². The highest BCUT2D eigenvalue weighted by atomic mass is 35.5. The Morgan fingerprint density at radius 3 is 2.10 bits per heavy atom. The van der Waals surface area contributed by atoms with Crippen molar-refractivity contribution in [2.24, 2.45) is 0 Å². The average Bonchev–Trinajstić information content (AvgIpc) is 2.77. The van der Waals surface area contributed by atoms with Crippen molar-refractivity contribution in [3.8, 4) is 39.9 Å². The highest BCUT2D eigenvalue weighted by Gasteiger charge is 2.17. The quantitative estimate of drug-likeness (QED) is 0.492. The van der Waals surface area contributed by atoms with E-state index in [-0.39, 0.29) is 5.95 Å². The van der Waals surface area contributed by atoms with E-state index < -0.39 is 0 Å². The van der Waals surface area contributed by atoms with Crippen molar-refractivity contribution >= 4 is 28.6 Å². The first-order valence-electron chi connectivity index (χ1n) is 9.32. The molecule has 4 aromatic rings. The summed E-state index contributed by atoms with van der Waals surface area (Å²) in [6.45, 7) is 1.87. The smallest absolute Gasteiger partial charge is 0.221 e. The molecule has 4 rings (SSSR count). The summed E-state index contributed by atoms with van der Waals surface area (Å²) in [5, 5.41) is 0.580. The average molecular weight is 438 g/mol. The van der Waals surface area contributed by atoms with E-state index in [0.717, 1.165) is 11.1 Å². The zero-order valence-electron chi connectivity index (χ0n) is 17.4. The summed E-state index contributed by atoms with van der Waals surface area (Å²) in [6.07, 6.45) is 0. The topological polar surface area (TPSA) is 105 Å². The molecule has 2 N–H and O–H groups in total. The number of fused-ring (bicyclic) bond motifs is 1. The number of nitrogens with zero attached hydrogens (tertiary/aromatic N) is 4. The van der Waals surface area contributed by atoms with E-state index >= 15 is 0 Å². The lowest BCUT2D eigenvalue weighted by molar-refractivity contribution is 0.324. The monoisotopic (exact) mass is 437 g/mol. The van der Waals surface area contributed by atoms with Crippen LogP contribution in [0.5, 0.6) is 17.2 Å². The first-order valence-corrected chi connectivity index (χ1v) is 9.70. The van der Waals surface area contributed by atoms with E-state index in [2.05, 4.69) is 15.0 Å². The van der Waals surface area contributed by atoms with E-state index in [1.54, 1.807) is 51.7 Å². The number of methoxy groups -OCH3 is 3. The predicted octanol–water partition coefficient (Wildman–Crippen LogP) is 4.32. The number of aryl methyl sites for hydroxylation is 1. The van der Waals surface area contributed by atoms with Crippen LogP contribution in [0.15, 0.2) is 36.4 Å². The maximum Gasteiger partial charge on any atom is 0.221 e. The third kappa shape index (κ3) is 3.89. The Morgan fingerprint density at radius 1 is 0.774 bits per heavy atom. The fourth-order valence-corrected chi connectivity index (χ4v) is 3.49. The molecule has 0 aliphatic carbocycles. The molecule has 0 bridgehead atoms. The molecular formula is C22H20ClN5O3. The summed E-state index contributed by atoms with van der Waals surface area (Å²) < 4.78 is 16.3. The molecule has 9 heteroatoms. The van der Waals surface area contributed by atoms with Crippen LogP contribution in [-0.2, 0) is 0 Å². The van der Waals surface area contributed by atoms with E-state index in [1.807, 2.05) is 13.0 Å². The number of hydrogen-bond donors (Lipinski definition) is 1. The molecule has 0 spiro atoms. The van der Waals surface area contributed by atoms with Gasteiger partial charge < -0.3 is 19.9 Å². The second-order valence-corrected chi connectivity index (χ2v) is 7.14. The molecule has 2 aromatic heterocycles. The number of anilines is 1. The molecule has 0 amide bonds. The molecule has 0 atom stereocenters. The Bertz CT molecular complexity index is 1270. The van der Waals surface area contributed by atoms with Crippen molar-refractivity contribution in [2.75, 3.05) is 27.1 Å². The van der Waals surface area contributed by atoms with Gasteiger partial charge in [-0.25, -0.2) is 19.9 Å². The summed E-state index contributed by atoms with van der Waals surface area (Å²) >= 11 is 6.12. The molecule has 0 fully saturated rings. The lowest BCUT2D eigenvalue weighted by atomic mass is 10.1. The summed E-state index contributed by atoms with van der Waals surface area (Å²) in [6, 6.07) is 10.8. The summed E-state index contributed by atoms with van der Waals surface area (Å²) in [5.41, 5.74) is 10.6. The van der Waals surface area contributed by atoms with Crippen molar-refractivity contribution in [1.29, 1.82) is 0 Å². The molecule has 0 unspecified atom stereocenters. The summed E-state index contributed by atoms with van der Waals surface area (Å²) in [4.78, 5) is 18.1. The van der Waals surface area contributed by atoms with E-state index in [9.17, 15) is 0 Å². The Labute approximate surface area is 184 Å². The predicted molar refractivity (Wildman–Crippen MR) is 120 cm³/mol. The van der Waals surface area contributed by atoms with Gasteiger partial charge in [-0.15, -0.1) is 0 Å². The fraction of sp³-hybridized carbons (Fsp3) is 0.182. The van der Waals surface area contributed by atoms with Crippen LogP contribution in [0.3, 0.4) is 0 Å². The first-order chi connectivity index (χ1) is 14.9. The molecule has 2 aromatic carbocycles. The summed E-state index contributed by atoms with van der Waals surface area (Å²) in [7, 11) is 4.66. The van der Waals surface area contributed by atoms with Gasteiger partial charge in [0, 0.05) is 10.6 Å². The van der Waals surface area contributed by atoms with Gasteiger partial charge in [0.1, 0.15) is 5.69 Å². The molecule has 2 heterocycles. The molecule has 0 radical (unpaired) electrons. The van der Waals surface area contributed by atoms with Gasteiger partial charge >= 0.3 is 0 Å². The van der Waals surface area contributed by atoms with Gasteiger partial charge in [-0.3, -0.25) is 0 Å². The van der Waals surface area contributed by atoms with Crippen LogP contribution >= 0.6 is 11.6 Å². The van der Waals surface area contributed by atoms with Crippen molar-refractivity contribution in [1.82, 2.24) is 19.9 Å². The van der Waals surface area contributed by atoms with Crippen LogP contribution in [0.2, 0.25) is 5.02 Å². The fourth-order valence-electron chi connectivity index (χ4n) is 3.32. The van der Waals surface area contributed by atoms with E-state index in [4.69, 9.17) is 36.5 Å². The third-order valence-corrected chi connectivity index (χ3v) is 4.98. The number of nitrogens with two attached hydrogens (primary N) is 1. The summed E-state index contributed by atoms with van der Waals surface area (Å²) in [5.74, 6) is 1.61. The van der Waals surface area contributed by atoms with Crippen molar-refractivity contribution < 1.29 is 14.2 Å². The van der Waals surface area contributed by atoms with Crippen LogP contribution < -0.4 is 19.9 Å². The highest BCUT2D eigenvalue weighted by molar-refractivity contribution is 6.31. The van der Waals surface area contributed by atoms with Gasteiger partial charge in [0.05, 0.1) is 49.4 Å². The SMILES string of the molecule is COc1cc(-c2cc(-c3nc4cc(Cl)ccc4nc3C)nc(N)n2)cc(OC)c1OC. The van der Waals surface area contributed by atoms with E-state index in [0.29, 0.717) is 50.6 Å². The molecule has 0 aliphatic heterocycles. The standard InChI is InChI=1S/C22H20ClN5O3/c1-11-20(26-16-9-13(23)5-6-14(16)25-11)17-10-15(27-22(24)28-17)12-7-18(29-2)21(31-4)19(8-12)30-3/h5-10H,1-4H3,(H2,24,27,28). The third-order valence-electron chi connectivity index (χ3n) is 4.75. The number of rotatable bonds is 5. The Morgan fingerprint density at radius 2 is 1.45 bits per heavy atom. The molecule has 0 aliphatic rings. The number of hydrogen-bond acceptors (Lipinski definition) is 8. The molecule has 31 heavy (non-hydrogen) atoms. The van der Waals surface area contributed by atoms with Crippen LogP contribution in [0.4, 0.5) is 5.95 Å². The molecule has 8 nitrogen and oxygen atoms in total. The largest absolute Gasteiger partial charge is 0.493 e. The number of ether oxygens (including phenoxy) is 3. The molecular weight excluding hydrogens is 418 g/mol. The van der Waals surface area contributed by atoms with Crippen LogP contribution in [0, 0.1) is 6.92 Å². The number of aromatic nitrogens is 4. The van der Waals surface area contributed by atoms with Crippen LogP contribution in [0.25, 0.3) is 33.7 Å². The Hall–Kier alpha value is -3.65. The van der Waals surface area contributed by atoms with Crippen LogP contribution in [-0.4, -0.2) is 41.3 Å².